The minimum absolute atomic E-state index is 0.0157. The van der Waals surface area contributed by atoms with Crippen LogP contribution in [-0.4, -0.2) is 41.0 Å². The van der Waals surface area contributed by atoms with Crippen molar-refractivity contribution < 1.29 is 32.2 Å². The Hall–Kier alpha value is -3.56. The maximum atomic E-state index is 13.1. The maximum absolute atomic E-state index is 13.1. The molecule has 4 rings (SSSR count). The molecule has 0 aliphatic heterocycles. The molecule has 3 aromatic carbocycles. The molecule has 3 aromatic rings. The lowest BCUT2D eigenvalue weighted by Crippen LogP contribution is -2.16. The fraction of sp³-hybridized carbons (Fsp3) is 0.310. The molecule has 0 heterocycles. The van der Waals surface area contributed by atoms with Gasteiger partial charge in [-0.2, -0.15) is 0 Å². The van der Waals surface area contributed by atoms with E-state index < -0.39 is 22.6 Å². The Morgan fingerprint density at radius 2 is 1.59 bits per heavy atom. The molecule has 0 saturated heterocycles. The fourth-order valence-corrected chi connectivity index (χ4v) is 5.96. The van der Waals surface area contributed by atoms with Gasteiger partial charge in [-0.1, -0.05) is 61.2 Å². The zero-order chi connectivity index (χ0) is 28.0. The number of nitrogens with one attached hydrogen (secondary N) is 1. The van der Waals surface area contributed by atoms with E-state index in [1.165, 1.54) is 75.4 Å². The minimum atomic E-state index is -4.13. The van der Waals surface area contributed by atoms with Crippen molar-refractivity contribution in [2.75, 3.05) is 25.5 Å². The quantitative estimate of drug-likeness (QED) is 0.226. The molecule has 0 atom stereocenters. The number of methoxy groups -OCH3 is 2. The summed E-state index contributed by atoms with van der Waals surface area (Å²) >= 11 is 6.14. The van der Waals surface area contributed by atoms with Crippen LogP contribution in [0.25, 0.3) is 0 Å². The SMILES string of the molecule is COc1cc(OC)c(NS(=O)(=O)c2cccc(C(=O)OCC(=O)c3ccc(C4CCCCC4)cc3)c2)cc1Cl. The number of hydrogen-bond acceptors (Lipinski definition) is 7. The molecule has 0 spiro atoms. The standard InChI is InChI=1S/C29H30ClNO7S/c1-36-27-17-28(37-2)25(16-24(27)30)31-39(34,35)23-10-6-9-22(15-23)29(33)38-18-26(32)21-13-11-20(12-14-21)19-7-4-3-5-8-19/h6,9-17,19,31H,3-5,7-8,18H2,1-2H3. The van der Waals surface area contributed by atoms with Crippen molar-refractivity contribution in [2.45, 2.75) is 42.9 Å². The van der Waals surface area contributed by atoms with E-state index in [1.807, 2.05) is 12.1 Å². The second-order valence-corrected chi connectivity index (χ2v) is 11.4. The molecule has 206 valence electrons. The Balaban J connectivity index is 1.41. The topological polar surface area (TPSA) is 108 Å². The number of sulfonamides is 1. The number of ether oxygens (including phenoxy) is 3. The maximum Gasteiger partial charge on any atom is 0.338 e. The number of halogens is 1. The molecule has 0 radical (unpaired) electrons. The molecule has 1 saturated carbocycles. The molecular weight excluding hydrogens is 542 g/mol. The number of benzene rings is 3. The van der Waals surface area contributed by atoms with Crippen LogP contribution in [0.15, 0.2) is 65.6 Å². The van der Waals surface area contributed by atoms with Gasteiger partial charge in [0.05, 0.1) is 35.4 Å². The third kappa shape index (κ3) is 6.91. The highest BCUT2D eigenvalue weighted by Crippen LogP contribution is 2.37. The Labute approximate surface area is 233 Å². The number of carbonyl (C=O) groups is 2. The van der Waals surface area contributed by atoms with E-state index in [2.05, 4.69) is 4.72 Å². The average molecular weight is 572 g/mol. The van der Waals surface area contributed by atoms with Crippen molar-refractivity contribution in [3.05, 3.63) is 82.4 Å². The van der Waals surface area contributed by atoms with Crippen molar-refractivity contribution in [2.24, 2.45) is 0 Å². The first-order chi connectivity index (χ1) is 18.7. The summed E-state index contributed by atoms with van der Waals surface area (Å²) in [5.41, 5.74) is 1.76. The van der Waals surface area contributed by atoms with Crippen LogP contribution in [-0.2, 0) is 14.8 Å². The number of carbonyl (C=O) groups excluding carboxylic acids is 2. The van der Waals surface area contributed by atoms with Gasteiger partial charge in [-0.3, -0.25) is 9.52 Å². The van der Waals surface area contributed by atoms with E-state index in [-0.39, 0.29) is 32.7 Å². The summed E-state index contributed by atoms with van der Waals surface area (Å²) in [6.45, 7) is -0.460. The van der Waals surface area contributed by atoms with Crippen LogP contribution in [0.3, 0.4) is 0 Å². The summed E-state index contributed by atoms with van der Waals surface area (Å²) in [6, 6.07) is 15.6. The molecule has 1 fully saturated rings. The normalized spacial score (nSPS) is 13.9. The molecule has 10 heteroatoms. The molecular formula is C29H30ClNO7S. The first-order valence-electron chi connectivity index (χ1n) is 12.6. The van der Waals surface area contributed by atoms with Gasteiger partial charge in [-0.05, 0) is 48.6 Å². The Morgan fingerprint density at radius 1 is 0.897 bits per heavy atom. The summed E-state index contributed by atoms with van der Waals surface area (Å²) in [4.78, 5) is 25.1. The van der Waals surface area contributed by atoms with Gasteiger partial charge < -0.3 is 14.2 Å². The van der Waals surface area contributed by atoms with Crippen molar-refractivity contribution in [3.8, 4) is 11.5 Å². The van der Waals surface area contributed by atoms with Gasteiger partial charge >= 0.3 is 5.97 Å². The first-order valence-corrected chi connectivity index (χ1v) is 14.4. The van der Waals surface area contributed by atoms with Gasteiger partial charge in [0.2, 0.25) is 0 Å². The smallest absolute Gasteiger partial charge is 0.338 e. The van der Waals surface area contributed by atoms with Gasteiger partial charge in [-0.15, -0.1) is 0 Å². The molecule has 8 nitrogen and oxygen atoms in total. The van der Waals surface area contributed by atoms with Crippen LogP contribution in [0, 0.1) is 0 Å². The van der Waals surface area contributed by atoms with Crippen molar-refractivity contribution in [1.29, 1.82) is 0 Å². The van der Waals surface area contributed by atoms with E-state index in [4.69, 9.17) is 25.8 Å². The number of esters is 1. The number of ketones is 1. The first kappa shape index (κ1) is 28.4. The third-order valence-corrected chi connectivity index (χ3v) is 8.40. The Bertz CT molecular complexity index is 1450. The molecule has 1 aliphatic carbocycles. The second-order valence-electron chi connectivity index (χ2n) is 9.28. The number of rotatable bonds is 10. The molecule has 0 unspecified atom stereocenters. The molecule has 0 bridgehead atoms. The lowest BCUT2D eigenvalue weighted by atomic mass is 9.84. The van der Waals surface area contributed by atoms with Crippen LogP contribution >= 0.6 is 11.6 Å². The predicted molar refractivity (Wildman–Crippen MR) is 149 cm³/mol. The highest BCUT2D eigenvalue weighted by Gasteiger charge is 2.21. The lowest BCUT2D eigenvalue weighted by Gasteiger charge is -2.22. The Kier molecular flexibility index (Phi) is 9.14. The van der Waals surface area contributed by atoms with Crippen molar-refractivity contribution in [1.82, 2.24) is 0 Å². The van der Waals surface area contributed by atoms with Gasteiger partial charge in [0.25, 0.3) is 10.0 Å². The summed E-state index contributed by atoms with van der Waals surface area (Å²) in [6.07, 6.45) is 6.05. The van der Waals surface area contributed by atoms with E-state index in [0.29, 0.717) is 17.2 Å². The van der Waals surface area contributed by atoms with Crippen LogP contribution in [0.1, 0.15) is 64.3 Å². The fourth-order valence-electron chi connectivity index (χ4n) is 4.61. The zero-order valence-electron chi connectivity index (χ0n) is 21.7. The van der Waals surface area contributed by atoms with Crippen LogP contribution < -0.4 is 14.2 Å². The second kappa shape index (κ2) is 12.5. The summed E-state index contributed by atoms with van der Waals surface area (Å²) in [7, 11) is -1.32. The van der Waals surface area contributed by atoms with Gasteiger partial charge in [0.15, 0.2) is 12.4 Å². The van der Waals surface area contributed by atoms with E-state index >= 15 is 0 Å². The van der Waals surface area contributed by atoms with Crippen LogP contribution in [0.2, 0.25) is 5.02 Å². The van der Waals surface area contributed by atoms with Crippen molar-refractivity contribution in [3.63, 3.8) is 0 Å². The number of Topliss-reactive ketones (excluding diaryl/α,β-unsaturated/α-hetero) is 1. The molecule has 0 amide bonds. The molecule has 1 aliphatic rings. The third-order valence-electron chi connectivity index (χ3n) is 6.74. The number of anilines is 1. The number of hydrogen-bond donors (Lipinski definition) is 1. The van der Waals surface area contributed by atoms with Crippen LogP contribution in [0.4, 0.5) is 5.69 Å². The van der Waals surface area contributed by atoms with Gasteiger partial charge in [0.1, 0.15) is 11.5 Å². The summed E-state index contributed by atoms with van der Waals surface area (Å²) in [5, 5.41) is 0.182. The summed E-state index contributed by atoms with van der Waals surface area (Å²) in [5.74, 6) is -0.116. The highest BCUT2D eigenvalue weighted by molar-refractivity contribution is 7.92. The van der Waals surface area contributed by atoms with E-state index in [9.17, 15) is 18.0 Å². The monoisotopic (exact) mass is 571 g/mol. The highest BCUT2D eigenvalue weighted by atomic mass is 35.5. The van der Waals surface area contributed by atoms with E-state index in [1.54, 1.807) is 12.1 Å². The zero-order valence-corrected chi connectivity index (χ0v) is 23.3. The molecule has 39 heavy (non-hydrogen) atoms. The lowest BCUT2D eigenvalue weighted by molar-refractivity contribution is 0.0474. The van der Waals surface area contributed by atoms with Gasteiger partial charge in [0, 0.05) is 11.6 Å². The Morgan fingerprint density at radius 3 is 2.26 bits per heavy atom. The predicted octanol–water partition coefficient (Wildman–Crippen LogP) is 6.25. The van der Waals surface area contributed by atoms with Gasteiger partial charge in [-0.25, -0.2) is 13.2 Å². The molecule has 1 N–H and O–H groups in total. The van der Waals surface area contributed by atoms with Crippen LogP contribution in [0.5, 0.6) is 11.5 Å². The largest absolute Gasteiger partial charge is 0.495 e. The van der Waals surface area contributed by atoms with E-state index in [0.717, 1.165) is 12.8 Å². The average Bonchev–Trinajstić information content (AvgIpc) is 2.96. The minimum Gasteiger partial charge on any atom is -0.495 e. The molecule has 0 aromatic heterocycles. The summed E-state index contributed by atoms with van der Waals surface area (Å²) < 4.78 is 44.1. The van der Waals surface area contributed by atoms with Crippen molar-refractivity contribution >= 4 is 39.1 Å².